The molecule has 22 heavy (non-hydrogen) atoms. The quantitative estimate of drug-likeness (QED) is 0.587. The summed E-state index contributed by atoms with van der Waals surface area (Å²) in [5.74, 6) is -1.21. The maximum atomic E-state index is 11.9. The molecule has 0 aliphatic rings. The fraction of sp³-hybridized carbons (Fsp3) is 0.294. The molecule has 5 heteroatoms. The molecule has 2 aromatic rings. The van der Waals surface area contributed by atoms with Gasteiger partial charge in [0.1, 0.15) is 5.75 Å². The van der Waals surface area contributed by atoms with Crippen molar-refractivity contribution >= 4 is 28.3 Å². The molecule has 0 atom stereocenters. The van der Waals surface area contributed by atoms with Gasteiger partial charge in [-0.25, -0.2) is 0 Å². The number of hydrogen-bond donors (Lipinski definition) is 3. The van der Waals surface area contributed by atoms with E-state index in [1.807, 2.05) is 0 Å². The molecule has 0 saturated heterocycles. The number of fused-ring (bicyclic) bond motifs is 1. The lowest BCUT2D eigenvalue weighted by atomic mass is 10.1. The molecule has 2 rings (SSSR count). The lowest BCUT2D eigenvalue weighted by molar-refractivity contribution is -0.136. The van der Waals surface area contributed by atoms with Crippen molar-refractivity contribution in [2.75, 3.05) is 11.9 Å². The average Bonchev–Trinajstić information content (AvgIpc) is 2.52. The van der Waals surface area contributed by atoms with Crippen molar-refractivity contribution in [3.63, 3.8) is 0 Å². The summed E-state index contributed by atoms with van der Waals surface area (Å²) in [7, 11) is 0. The van der Waals surface area contributed by atoms with E-state index in [1.54, 1.807) is 36.4 Å². The minimum absolute atomic E-state index is 0.137. The van der Waals surface area contributed by atoms with Crippen LogP contribution >= 0.6 is 0 Å². The van der Waals surface area contributed by atoms with Gasteiger partial charge in [0.25, 0.3) is 0 Å². The summed E-state index contributed by atoms with van der Waals surface area (Å²) in [5, 5.41) is 16.3. The SMILES string of the molecule is CCCCCNC(=O)C(=O)Nc1cccc2c(O)cccc12. The Morgan fingerprint density at radius 3 is 2.50 bits per heavy atom. The van der Waals surface area contributed by atoms with Gasteiger partial charge in [-0.3, -0.25) is 9.59 Å². The third-order valence-electron chi connectivity index (χ3n) is 3.42. The molecule has 2 aromatic carbocycles. The summed E-state index contributed by atoms with van der Waals surface area (Å²) in [6, 6.07) is 10.2. The van der Waals surface area contributed by atoms with Gasteiger partial charge in [0.2, 0.25) is 0 Å². The van der Waals surface area contributed by atoms with Gasteiger partial charge in [0, 0.05) is 23.0 Å². The van der Waals surface area contributed by atoms with E-state index in [2.05, 4.69) is 17.6 Å². The number of anilines is 1. The Balaban J connectivity index is 2.06. The first kappa shape index (κ1) is 15.8. The molecule has 0 heterocycles. The van der Waals surface area contributed by atoms with Crippen molar-refractivity contribution < 1.29 is 14.7 Å². The van der Waals surface area contributed by atoms with Gasteiger partial charge < -0.3 is 15.7 Å². The van der Waals surface area contributed by atoms with Crippen LogP contribution in [-0.4, -0.2) is 23.5 Å². The molecule has 3 N–H and O–H groups in total. The Hall–Kier alpha value is -2.56. The number of benzene rings is 2. The Labute approximate surface area is 129 Å². The second-order valence-electron chi connectivity index (χ2n) is 5.09. The molecule has 0 unspecified atom stereocenters. The van der Waals surface area contributed by atoms with Gasteiger partial charge in [-0.05, 0) is 18.6 Å². The zero-order valence-corrected chi connectivity index (χ0v) is 12.6. The molecule has 0 aliphatic heterocycles. The van der Waals surface area contributed by atoms with Gasteiger partial charge in [-0.1, -0.05) is 44.0 Å². The van der Waals surface area contributed by atoms with Crippen LogP contribution in [0.3, 0.4) is 0 Å². The fourth-order valence-electron chi connectivity index (χ4n) is 2.24. The maximum absolute atomic E-state index is 11.9. The Kier molecular flexibility index (Phi) is 5.36. The van der Waals surface area contributed by atoms with Crippen molar-refractivity contribution in [2.45, 2.75) is 26.2 Å². The zero-order valence-electron chi connectivity index (χ0n) is 12.6. The van der Waals surface area contributed by atoms with E-state index in [0.717, 1.165) is 19.3 Å². The number of amides is 2. The Bertz CT molecular complexity index is 683. The molecular weight excluding hydrogens is 280 g/mol. The van der Waals surface area contributed by atoms with Crippen molar-refractivity contribution in [1.82, 2.24) is 5.32 Å². The number of aromatic hydroxyl groups is 1. The number of carbonyl (C=O) groups excluding carboxylic acids is 2. The van der Waals surface area contributed by atoms with Crippen LogP contribution in [0.1, 0.15) is 26.2 Å². The van der Waals surface area contributed by atoms with Crippen molar-refractivity contribution in [3.05, 3.63) is 36.4 Å². The number of phenolic OH excluding ortho intramolecular Hbond substituents is 1. The molecule has 0 aliphatic carbocycles. The number of rotatable bonds is 5. The van der Waals surface area contributed by atoms with E-state index in [9.17, 15) is 14.7 Å². The van der Waals surface area contributed by atoms with E-state index in [1.165, 1.54) is 0 Å². The predicted octanol–water partition coefficient (Wildman–Crippen LogP) is 2.79. The lowest BCUT2D eigenvalue weighted by Gasteiger charge is -2.09. The molecule has 0 aromatic heterocycles. The van der Waals surface area contributed by atoms with Crippen molar-refractivity contribution in [3.8, 4) is 5.75 Å². The molecule has 0 bridgehead atoms. The molecule has 5 nitrogen and oxygen atoms in total. The Morgan fingerprint density at radius 2 is 1.73 bits per heavy atom. The van der Waals surface area contributed by atoms with Gasteiger partial charge in [-0.2, -0.15) is 0 Å². The number of phenols is 1. The predicted molar refractivity (Wildman–Crippen MR) is 86.8 cm³/mol. The second kappa shape index (κ2) is 7.45. The first-order valence-corrected chi connectivity index (χ1v) is 7.43. The van der Waals surface area contributed by atoms with Gasteiger partial charge >= 0.3 is 11.8 Å². The van der Waals surface area contributed by atoms with Gasteiger partial charge in [-0.15, -0.1) is 0 Å². The van der Waals surface area contributed by atoms with Crippen LogP contribution in [0, 0.1) is 0 Å². The average molecular weight is 300 g/mol. The number of carbonyl (C=O) groups is 2. The van der Waals surface area contributed by atoms with Crippen LogP contribution in [0.2, 0.25) is 0 Å². The summed E-state index contributed by atoms with van der Waals surface area (Å²) in [6.07, 6.45) is 2.93. The van der Waals surface area contributed by atoms with Crippen molar-refractivity contribution in [2.24, 2.45) is 0 Å². The van der Waals surface area contributed by atoms with Gasteiger partial charge in [0.15, 0.2) is 0 Å². The number of hydrogen-bond acceptors (Lipinski definition) is 3. The monoisotopic (exact) mass is 300 g/mol. The molecule has 0 radical (unpaired) electrons. The van der Waals surface area contributed by atoms with E-state index in [0.29, 0.717) is 23.0 Å². The van der Waals surface area contributed by atoms with E-state index in [4.69, 9.17) is 0 Å². The molecule has 0 fully saturated rings. The van der Waals surface area contributed by atoms with Crippen LogP contribution in [0.15, 0.2) is 36.4 Å². The van der Waals surface area contributed by atoms with Crippen molar-refractivity contribution in [1.29, 1.82) is 0 Å². The highest BCUT2D eigenvalue weighted by Gasteiger charge is 2.14. The summed E-state index contributed by atoms with van der Waals surface area (Å²) in [4.78, 5) is 23.7. The number of nitrogens with one attached hydrogen (secondary N) is 2. The third-order valence-corrected chi connectivity index (χ3v) is 3.42. The summed E-state index contributed by atoms with van der Waals surface area (Å²) >= 11 is 0. The zero-order chi connectivity index (χ0) is 15.9. The third kappa shape index (κ3) is 3.75. The standard InChI is InChI=1S/C17H20N2O3/c1-2-3-4-11-18-16(21)17(22)19-14-9-5-8-13-12(14)7-6-10-15(13)20/h5-10,20H,2-4,11H2,1H3,(H,18,21)(H,19,22). The topological polar surface area (TPSA) is 78.4 Å². The minimum atomic E-state index is -0.702. The molecule has 0 spiro atoms. The molecule has 116 valence electrons. The van der Waals surface area contributed by atoms with E-state index < -0.39 is 11.8 Å². The minimum Gasteiger partial charge on any atom is -0.507 e. The first-order chi connectivity index (χ1) is 10.6. The summed E-state index contributed by atoms with van der Waals surface area (Å²) in [5.41, 5.74) is 0.502. The smallest absolute Gasteiger partial charge is 0.313 e. The Morgan fingerprint density at radius 1 is 1.00 bits per heavy atom. The molecule has 2 amide bonds. The van der Waals surface area contributed by atoms with Crippen LogP contribution in [0.5, 0.6) is 5.75 Å². The van der Waals surface area contributed by atoms with E-state index >= 15 is 0 Å². The molecular formula is C17H20N2O3. The lowest BCUT2D eigenvalue weighted by Crippen LogP contribution is -2.35. The normalized spacial score (nSPS) is 10.4. The highest BCUT2D eigenvalue weighted by Crippen LogP contribution is 2.29. The summed E-state index contributed by atoms with van der Waals surface area (Å²) < 4.78 is 0. The number of unbranched alkanes of at least 4 members (excludes halogenated alkanes) is 2. The van der Waals surface area contributed by atoms with Crippen LogP contribution in [-0.2, 0) is 9.59 Å². The van der Waals surface area contributed by atoms with Gasteiger partial charge in [0.05, 0.1) is 0 Å². The van der Waals surface area contributed by atoms with Crippen LogP contribution in [0.4, 0.5) is 5.69 Å². The van der Waals surface area contributed by atoms with Crippen LogP contribution < -0.4 is 10.6 Å². The van der Waals surface area contributed by atoms with E-state index in [-0.39, 0.29) is 5.75 Å². The highest BCUT2D eigenvalue weighted by atomic mass is 16.3. The largest absolute Gasteiger partial charge is 0.507 e. The first-order valence-electron chi connectivity index (χ1n) is 7.43. The second-order valence-corrected chi connectivity index (χ2v) is 5.09. The fourth-order valence-corrected chi connectivity index (χ4v) is 2.24. The molecule has 0 saturated carbocycles. The summed E-state index contributed by atoms with van der Waals surface area (Å²) in [6.45, 7) is 2.57. The van der Waals surface area contributed by atoms with Crippen LogP contribution in [0.25, 0.3) is 10.8 Å². The highest BCUT2D eigenvalue weighted by molar-refractivity contribution is 6.40. The maximum Gasteiger partial charge on any atom is 0.313 e.